The molecule has 0 aliphatic heterocycles. The van der Waals surface area contributed by atoms with Gasteiger partial charge in [-0.05, 0) is 34.6 Å². The van der Waals surface area contributed by atoms with Gasteiger partial charge in [0, 0.05) is 45.8 Å². The van der Waals surface area contributed by atoms with Gasteiger partial charge in [0.05, 0.1) is 0 Å². The van der Waals surface area contributed by atoms with Crippen LogP contribution in [0.1, 0.15) is 34.6 Å². The number of guanidine groups is 1. The van der Waals surface area contributed by atoms with Gasteiger partial charge in [-0.1, -0.05) is 12.2 Å². The summed E-state index contributed by atoms with van der Waals surface area (Å²) in [5, 5.41) is 6.49. The zero-order chi connectivity index (χ0) is 18.0. The van der Waals surface area contributed by atoms with Crippen LogP contribution in [0.3, 0.4) is 0 Å². The van der Waals surface area contributed by atoms with Crippen LogP contribution in [0, 0.1) is 0 Å². The molecule has 0 heterocycles. The minimum Gasteiger partial charge on any atom is -0.355 e. The van der Waals surface area contributed by atoms with E-state index in [4.69, 9.17) is 0 Å². The third-order valence-electron chi connectivity index (χ3n) is 3.42. The van der Waals surface area contributed by atoms with E-state index in [0.717, 1.165) is 18.7 Å². The molecule has 6 nitrogen and oxygen atoms in total. The smallest absolute Gasteiger partial charge is 0.243 e. The summed E-state index contributed by atoms with van der Waals surface area (Å²) in [5.74, 6) is 0.628. The Morgan fingerprint density at radius 3 is 2.13 bits per heavy atom. The Morgan fingerprint density at radius 1 is 1.13 bits per heavy atom. The summed E-state index contributed by atoms with van der Waals surface area (Å²) in [6, 6.07) is 0.992. The highest BCUT2D eigenvalue weighted by Gasteiger charge is 2.13. The lowest BCUT2D eigenvalue weighted by molar-refractivity contribution is -0.127. The lowest BCUT2D eigenvalue weighted by Crippen LogP contribution is -2.45. The Bertz CT molecular complexity index is 394. The third kappa shape index (κ3) is 9.94. The number of likely N-dealkylation sites (N-methyl/N-ethyl adjacent to an activating group) is 1. The Kier molecular flexibility index (Phi) is 10.3. The predicted molar refractivity (Wildman–Crippen MR) is 98.8 cm³/mol. The molecule has 0 radical (unpaired) electrons. The van der Waals surface area contributed by atoms with Gasteiger partial charge in [-0.3, -0.25) is 9.69 Å². The van der Waals surface area contributed by atoms with Crippen LogP contribution in [-0.4, -0.2) is 74.0 Å². The first-order valence-electron chi connectivity index (χ1n) is 8.27. The molecule has 0 aromatic heterocycles. The van der Waals surface area contributed by atoms with E-state index < -0.39 is 0 Å². The normalized spacial score (nSPS) is 12.0. The first-order valence-corrected chi connectivity index (χ1v) is 8.27. The van der Waals surface area contributed by atoms with Gasteiger partial charge >= 0.3 is 0 Å². The van der Waals surface area contributed by atoms with E-state index in [0.29, 0.717) is 24.6 Å². The number of nitrogens with zero attached hydrogens (tertiary/aromatic N) is 3. The fourth-order valence-electron chi connectivity index (χ4n) is 2.11. The maximum absolute atomic E-state index is 11.7. The SMILES string of the molecule is C=C(C)CNC(=NCC(=O)N(C)C)NCCN(C(C)C)C(C)C. The second kappa shape index (κ2) is 11.0. The summed E-state index contributed by atoms with van der Waals surface area (Å²) in [6.45, 7) is 17.1. The lowest BCUT2D eigenvalue weighted by atomic mass is 10.2. The summed E-state index contributed by atoms with van der Waals surface area (Å²) in [6.07, 6.45) is 0. The van der Waals surface area contributed by atoms with Crippen LogP contribution in [-0.2, 0) is 4.79 Å². The van der Waals surface area contributed by atoms with E-state index in [9.17, 15) is 4.79 Å². The van der Waals surface area contributed by atoms with Crippen molar-refractivity contribution in [2.45, 2.75) is 46.7 Å². The van der Waals surface area contributed by atoms with E-state index in [-0.39, 0.29) is 12.5 Å². The predicted octanol–water partition coefficient (Wildman–Crippen LogP) is 1.30. The number of hydrogen-bond acceptors (Lipinski definition) is 3. The second-order valence-electron chi connectivity index (χ2n) is 6.62. The van der Waals surface area contributed by atoms with Gasteiger partial charge in [0.2, 0.25) is 5.91 Å². The van der Waals surface area contributed by atoms with Crippen molar-refractivity contribution in [3.05, 3.63) is 12.2 Å². The van der Waals surface area contributed by atoms with Crippen LogP contribution >= 0.6 is 0 Å². The first-order chi connectivity index (χ1) is 10.6. The van der Waals surface area contributed by atoms with Crippen LogP contribution in [0.5, 0.6) is 0 Å². The van der Waals surface area contributed by atoms with Crippen molar-refractivity contribution in [2.24, 2.45) is 4.99 Å². The summed E-state index contributed by atoms with van der Waals surface area (Å²) >= 11 is 0. The Balaban J connectivity index is 4.59. The summed E-state index contributed by atoms with van der Waals surface area (Å²) in [7, 11) is 3.46. The molecule has 0 aromatic rings. The monoisotopic (exact) mass is 325 g/mol. The minimum atomic E-state index is -0.0209. The molecule has 1 amide bonds. The van der Waals surface area contributed by atoms with Crippen molar-refractivity contribution in [2.75, 3.05) is 40.3 Å². The number of rotatable bonds is 9. The number of nitrogens with one attached hydrogen (secondary N) is 2. The summed E-state index contributed by atoms with van der Waals surface area (Å²) < 4.78 is 0. The largest absolute Gasteiger partial charge is 0.355 e. The van der Waals surface area contributed by atoms with E-state index in [1.165, 1.54) is 0 Å². The Hall–Kier alpha value is -1.56. The van der Waals surface area contributed by atoms with Crippen molar-refractivity contribution in [1.82, 2.24) is 20.4 Å². The molecule has 0 bridgehead atoms. The van der Waals surface area contributed by atoms with Crippen LogP contribution in [0.25, 0.3) is 0 Å². The molecule has 0 aliphatic carbocycles. The van der Waals surface area contributed by atoms with Crippen LogP contribution < -0.4 is 10.6 Å². The molecule has 0 aliphatic rings. The Labute approximate surface area is 142 Å². The van der Waals surface area contributed by atoms with Crippen LogP contribution in [0.4, 0.5) is 0 Å². The maximum Gasteiger partial charge on any atom is 0.243 e. The zero-order valence-corrected chi connectivity index (χ0v) is 15.9. The fourth-order valence-corrected chi connectivity index (χ4v) is 2.11. The first kappa shape index (κ1) is 21.4. The molecule has 0 fully saturated rings. The number of aliphatic imine (C=N–C) groups is 1. The van der Waals surface area contributed by atoms with Gasteiger partial charge < -0.3 is 15.5 Å². The number of carbonyl (C=O) groups excluding carboxylic acids is 1. The molecular weight excluding hydrogens is 290 g/mol. The highest BCUT2D eigenvalue weighted by Crippen LogP contribution is 2.03. The van der Waals surface area contributed by atoms with Crippen molar-refractivity contribution < 1.29 is 4.79 Å². The van der Waals surface area contributed by atoms with Crippen molar-refractivity contribution in [1.29, 1.82) is 0 Å². The highest BCUT2D eigenvalue weighted by molar-refractivity contribution is 5.84. The van der Waals surface area contributed by atoms with Gasteiger partial charge in [-0.2, -0.15) is 0 Å². The number of hydrogen-bond donors (Lipinski definition) is 2. The zero-order valence-electron chi connectivity index (χ0n) is 15.9. The van der Waals surface area contributed by atoms with Crippen molar-refractivity contribution in [3.8, 4) is 0 Å². The van der Waals surface area contributed by atoms with Crippen molar-refractivity contribution >= 4 is 11.9 Å². The summed E-state index contributed by atoms with van der Waals surface area (Å²) in [4.78, 5) is 20.0. The molecule has 2 N–H and O–H groups in total. The summed E-state index contributed by atoms with van der Waals surface area (Å²) in [5.41, 5.74) is 1.02. The van der Waals surface area contributed by atoms with Crippen LogP contribution in [0.15, 0.2) is 17.1 Å². The second-order valence-corrected chi connectivity index (χ2v) is 6.62. The molecule has 0 aromatic carbocycles. The van der Waals surface area contributed by atoms with E-state index >= 15 is 0 Å². The molecule has 0 saturated heterocycles. The molecule has 0 saturated carbocycles. The highest BCUT2D eigenvalue weighted by atomic mass is 16.2. The molecule has 0 spiro atoms. The molecule has 23 heavy (non-hydrogen) atoms. The molecule has 0 unspecified atom stereocenters. The molecule has 6 heteroatoms. The number of amides is 1. The van der Waals surface area contributed by atoms with E-state index in [2.05, 4.69) is 54.8 Å². The quantitative estimate of drug-likeness (QED) is 0.381. The third-order valence-corrected chi connectivity index (χ3v) is 3.42. The minimum absolute atomic E-state index is 0.0209. The van der Waals surface area contributed by atoms with Gasteiger partial charge in [0.15, 0.2) is 5.96 Å². The Morgan fingerprint density at radius 2 is 1.70 bits per heavy atom. The van der Waals surface area contributed by atoms with Crippen molar-refractivity contribution in [3.63, 3.8) is 0 Å². The maximum atomic E-state index is 11.7. The van der Waals surface area contributed by atoms with Gasteiger partial charge in [0.25, 0.3) is 0 Å². The molecule has 0 rings (SSSR count). The lowest BCUT2D eigenvalue weighted by Gasteiger charge is -2.30. The van der Waals surface area contributed by atoms with Gasteiger partial charge in [0.1, 0.15) is 6.54 Å². The van der Waals surface area contributed by atoms with Gasteiger partial charge in [-0.25, -0.2) is 4.99 Å². The van der Waals surface area contributed by atoms with Gasteiger partial charge in [-0.15, -0.1) is 0 Å². The number of carbonyl (C=O) groups is 1. The molecule has 0 atom stereocenters. The average Bonchev–Trinajstić information content (AvgIpc) is 2.43. The molecule has 134 valence electrons. The molecular formula is C17H35N5O. The van der Waals surface area contributed by atoms with E-state index in [1.54, 1.807) is 19.0 Å². The van der Waals surface area contributed by atoms with E-state index in [1.807, 2.05) is 6.92 Å². The topological polar surface area (TPSA) is 60.0 Å². The van der Waals surface area contributed by atoms with Crippen LogP contribution in [0.2, 0.25) is 0 Å². The fraction of sp³-hybridized carbons (Fsp3) is 0.765. The average molecular weight is 326 g/mol. The standard InChI is InChI=1S/C17H35N5O/c1-13(2)11-19-17(20-12-16(23)21(7)8)18-9-10-22(14(3)4)15(5)6/h14-15H,1,9-12H2,2-8H3,(H2,18,19,20).